The molecule has 2 aromatic heterocycles. The molecule has 0 radical (unpaired) electrons. The van der Waals surface area contributed by atoms with E-state index in [9.17, 15) is 13.2 Å². The van der Waals surface area contributed by atoms with Crippen LogP contribution in [0.25, 0.3) is 0 Å². The van der Waals surface area contributed by atoms with Crippen molar-refractivity contribution in [1.29, 1.82) is 0 Å². The number of nitrogens with one attached hydrogen (secondary N) is 1. The van der Waals surface area contributed by atoms with Gasteiger partial charge in [-0.2, -0.15) is 0 Å². The van der Waals surface area contributed by atoms with Crippen LogP contribution in [0.15, 0.2) is 32.3 Å². The van der Waals surface area contributed by atoms with E-state index >= 15 is 0 Å². The van der Waals surface area contributed by atoms with Crippen molar-refractivity contribution in [1.82, 2.24) is 4.98 Å². The third kappa shape index (κ3) is 3.29. The van der Waals surface area contributed by atoms with E-state index in [2.05, 4.69) is 25.6 Å². The van der Waals surface area contributed by atoms with Gasteiger partial charge in [-0.05, 0) is 34.1 Å². The maximum Gasteiger partial charge on any atom is 0.354 e. The largest absolute Gasteiger partial charge is 0.477 e. The van der Waals surface area contributed by atoms with Crippen molar-refractivity contribution in [3.63, 3.8) is 0 Å². The van der Waals surface area contributed by atoms with Crippen molar-refractivity contribution in [3.8, 4) is 0 Å². The molecule has 0 spiro atoms. The molecule has 106 valence electrons. The third-order valence-corrected chi connectivity index (χ3v) is 6.40. The molecule has 20 heavy (non-hydrogen) atoms. The standard InChI is InChI=1S/C10H6BrClN2O4S2/c11-9-5(12)4-8(19-9)20(17,18)14-7-3-1-2-6(13-7)10(15)16/h1-4H,(H,13,14)(H,15,16). The van der Waals surface area contributed by atoms with Crippen LogP contribution in [-0.2, 0) is 10.0 Å². The number of rotatable bonds is 4. The number of aromatic carboxylic acids is 1. The highest BCUT2D eigenvalue weighted by Crippen LogP contribution is 2.35. The number of anilines is 1. The second-order valence-electron chi connectivity index (χ2n) is 3.51. The number of aromatic nitrogens is 1. The Morgan fingerprint density at radius 1 is 1.45 bits per heavy atom. The highest BCUT2D eigenvalue weighted by Gasteiger charge is 2.20. The summed E-state index contributed by atoms with van der Waals surface area (Å²) in [7, 11) is -3.86. The van der Waals surface area contributed by atoms with Crippen molar-refractivity contribution in [2.24, 2.45) is 0 Å². The molecule has 0 amide bonds. The van der Waals surface area contributed by atoms with Crippen molar-refractivity contribution >= 4 is 60.7 Å². The first-order chi connectivity index (χ1) is 9.29. The first-order valence-electron chi connectivity index (χ1n) is 4.97. The first-order valence-corrected chi connectivity index (χ1v) is 8.44. The van der Waals surface area contributed by atoms with E-state index in [4.69, 9.17) is 16.7 Å². The summed E-state index contributed by atoms with van der Waals surface area (Å²) in [5, 5.41) is 9.08. The molecule has 2 N–H and O–H groups in total. The molecule has 0 fully saturated rings. The minimum atomic E-state index is -3.86. The molecular weight excluding hydrogens is 392 g/mol. The van der Waals surface area contributed by atoms with Gasteiger partial charge < -0.3 is 5.11 Å². The highest BCUT2D eigenvalue weighted by molar-refractivity contribution is 9.11. The molecule has 0 unspecified atom stereocenters. The number of carboxylic acids is 1. The summed E-state index contributed by atoms with van der Waals surface area (Å²) in [6, 6.07) is 5.30. The molecular formula is C10H6BrClN2O4S2. The number of nitrogens with zero attached hydrogens (tertiary/aromatic N) is 1. The Morgan fingerprint density at radius 2 is 2.15 bits per heavy atom. The van der Waals surface area contributed by atoms with Crippen molar-refractivity contribution in [3.05, 3.63) is 38.8 Å². The van der Waals surface area contributed by atoms with Gasteiger partial charge in [0.05, 0.1) is 8.81 Å². The number of hydrogen-bond acceptors (Lipinski definition) is 5. The monoisotopic (exact) mass is 396 g/mol. The summed E-state index contributed by atoms with van der Waals surface area (Å²) < 4.78 is 26.9. The van der Waals surface area contributed by atoms with Gasteiger partial charge in [-0.3, -0.25) is 4.72 Å². The van der Waals surface area contributed by atoms with E-state index in [0.717, 1.165) is 11.3 Å². The lowest BCUT2D eigenvalue weighted by molar-refractivity contribution is 0.0690. The Bertz CT molecular complexity index is 756. The SMILES string of the molecule is O=C(O)c1cccc(NS(=O)(=O)c2cc(Cl)c(Br)s2)n1. The number of carboxylic acid groups (broad SMARTS) is 1. The number of sulfonamides is 1. The molecule has 6 nitrogen and oxygen atoms in total. The second-order valence-corrected chi connectivity index (χ2v) is 8.19. The molecule has 2 aromatic rings. The summed E-state index contributed by atoms with van der Waals surface area (Å²) in [6.45, 7) is 0. The normalized spacial score (nSPS) is 11.3. The number of thiophene rings is 1. The Hall–Kier alpha value is -1.16. The first kappa shape index (κ1) is 15.2. The molecule has 0 saturated heterocycles. The molecule has 0 aliphatic carbocycles. The molecule has 0 aliphatic heterocycles. The zero-order valence-corrected chi connectivity index (χ0v) is 13.5. The van der Waals surface area contributed by atoms with Gasteiger partial charge in [-0.15, -0.1) is 11.3 Å². The van der Waals surface area contributed by atoms with Crippen molar-refractivity contribution < 1.29 is 18.3 Å². The summed E-state index contributed by atoms with van der Waals surface area (Å²) in [5.41, 5.74) is -0.254. The molecule has 0 aromatic carbocycles. The van der Waals surface area contributed by atoms with Gasteiger partial charge in [0.2, 0.25) is 0 Å². The van der Waals surface area contributed by atoms with E-state index in [1.807, 2.05) is 0 Å². The Labute approximate surface area is 131 Å². The van der Waals surface area contributed by atoms with Gasteiger partial charge in [0.25, 0.3) is 10.0 Å². The van der Waals surface area contributed by atoms with Crippen LogP contribution >= 0.6 is 38.9 Å². The predicted molar refractivity (Wildman–Crippen MR) is 79.0 cm³/mol. The lowest BCUT2D eigenvalue weighted by atomic mass is 10.3. The fourth-order valence-electron chi connectivity index (χ4n) is 1.26. The summed E-state index contributed by atoms with van der Waals surface area (Å²) in [6.07, 6.45) is 0. The van der Waals surface area contributed by atoms with Crippen LogP contribution in [-0.4, -0.2) is 24.5 Å². The quantitative estimate of drug-likeness (QED) is 0.826. The van der Waals surface area contributed by atoms with E-state index in [1.54, 1.807) is 0 Å². The van der Waals surface area contributed by atoms with Gasteiger partial charge in [-0.1, -0.05) is 17.7 Å². The van der Waals surface area contributed by atoms with Gasteiger partial charge in [0, 0.05) is 0 Å². The molecule has 2 heterocycles. The summed E-state index contributed by atoms with van der Waals surface area (Å²) in [5.74, 6) is -1.32. The zero-order chi connectivity index (χ0) is 14.9. The average Bonchev–Trinajstić information content (AvgIpc) is 2.70. The van der Waals surface area contributed by atoms with Gasteiger partial charge in [0.15, 0.2) is 5.69 Å². The maximum atomic E-state index is 12.1. The van der Waals surface area contributed by atoms with Crippen molar-refractivity contribution in [2.75, 3.05) is 4.72 Å². The molecule has 0 bridgehead atoms. The molecule has 10 heteroatoms. The molecule has 2 rings (SSSR count). The van der Waals surface area contributed by atoms with Crippen LogP contribution in [0.5, 0.6) is 0 Å². The minimum absolute atomic E-state index is 0.00287. The third-order valence-electron chi connectivity index (χ3n) is 2.09. The lowest BCUT2D eigenvalue weighted by Crippen LogP contribution is -2.13. The smallest absolute Gasteiger partial charge is 0.354 e. The molecule has 0 atom stereocenters. The number of hydrogen-bond donors (Lipinski definition) is 2. The van der Waals surface area contributed by atoms with Crippen molar-refractivity contribution in [2.45, 2.75) is 4.21 Å². The summed E-state index contributed by atoms with van der Waals surface area (Å²) >= 11 is 9.85. The van der Waals surface area contributed by atoms with Crippen LogP contribution in [0.4, 0.5) is 5.82 Å². The van der Waals surface area contributed by atoms with Crippen LogP contribution in [0.3, 0.4) is 0 Å². The van der Waals surface area contributed by atoms with Crippen LogP contribution in [0, 0.1) is 0 Å². The van der Waals surface area contributed by atoms with Gasteiger partial charge >= 0.3 is 5.97 Å². The van der Waals surface area contributed by atoms with Crippen LogP contribution < -0.4 is 4.72 Å². The zero-order valence-electron chi connectivity index (χ0n) is 9.50. The summed E-state index contributed by atoms with van der Waals surface area (Å²) in [4.78, 5) is 14.5. The topological polar surface area (TPSA) is 96.4 Å². The van der Waals surface area contributed by atoms with E-state index in [0.29, 0.717) is 3.79 Å². The molecule has 0 aliphatic rings. The Kier molecular flexibility index (Phi) is 4.33. The molecule has 0 saturated carbocycles. The van der Waals surface area contributed by atoms with E-state index in [-0.39, 0.29) is 20.7 Å². The number of carbonyl (C=O) groups is 1. The highest BCUT2D eigenvalue weighted by atomic mass is 79.9. The number of halogens is 2. The van der Waals surface area contributed by atoms with E-state index in [1.165, 1.54) is 24.3 Å². The average molecular weight is 398 g/mol. The Morgan fingerprint density at radius 3 is 2.70 bits per heavy atom. The maximum absolute atomic E-state index is 12.1. The minimum Gasteiger partial charge on any atom is -0.477 e. The van der Waals surface area contributed by atoms with Gasteiger partial charge in [0.1, 0.15) is 10.0 Å². The second kappa shape index (κ2) is 5.68. The fraction of sp³-hybridized carbons (Fsp3) is 0. The fourth-order valence-corrected chi connectivity index (χ4v) is 4.66. The van der Waals surface area contributed by atoms with Crippen LogP contribution in [0.1, 0.15) is 10.5 Å². The predicted octanol–water partition coefficient (Wildman–Crippen LogP) is 3.06. The van der Waals surface area contributed by atoms with Gasteiger partial charge in [-0.25, -0.2) is 18.2 Å². The Balaban J connectivity index is 2.33. The number of pyridine rings is 1. The van der Waals surface area contributed by atoms with E-state index < -0.39 is 16.0 Å². The lowest BCUT2D eigenvalue weighted by Gasteiger charge is -2.05. The van der Waals surface area contributed by atoms with Crippen LogP contribution in [0.2, 0.25) is 5.02 Å².